The minimum absolute atomic E-state index is 0.0885. The zero-order valence-corrected chi connectivity index (χ0v) is 8.19. The molecule has 15 heavy (non-hydrogen) atoms. The molecule has 0 bridgehead atoms. The van der Waals surface area contributed by atoms with Crippen molar-refractivity contribution in [3.63, 3.8) is 0 Å². The van der Waals surface area contributed by atoms with E-state index < -0.39 is 5.97 Å². The maximum absolute atomic E-state index is 11.1. The zero-order chi connectivity index (χ0) is 11.3. The van der Waals surface area contributed by atoms with Gasteiger partial charge in [0.15, 0.2) is 0 Å². The first-order valence-corrected chi connectivity index (χ1v) is 4.16. The molecule has 0 fully saturated rings. The fourth-order valence-electron chi connectivity index (χ4n) is 1.01. The molecule has 0 aliphatic heterocycles. The van der Waals surface area contributed by atoms with Crippen LogP contribution >= 0.6 is 0 Å². The van der Waals surface area contributed by atoms with E-state index in [-0.39, 0.29) is 17.9 Å². The molecule has 0 unspecified atom stereocenters. The van der Waals surface area contributed by atoms with Gasteiger partial charge in [-0.05, 0) is 12.1 Å². The molecule has 0 radical (unpaired) electrons. The van der Waals surface area contributed by atoms with Gasteiger partial charge >= 0.3 is 5.97 Å². The highest BCUT2D eigenvalue weighted by atomic mass is 16.5. The Morgan fingerprint density at radius 2 is 2.33 bits per heavy atom. The summed E-state index contributed by atoms with van der Waals surface area (Å²) in [4.78, 5) is 11.1. The molecule has 0 aliphatic rings. The molecule has 1 aromatic rings. The lowest BCUT2D eigenvalue weighted by Crippen LogP contribution is -2.02. The molecule has 78 valence electrons. The molecule has 0 amide bonds. The van der Waals surface area contributed by atoms with Gasteiger partial charge in [0.25, 0.3) is 0 Å². The van der Waals surface area contributed by atoms with Crippen LogP contribution in [0.2, 0.25) is 0 Å². The van der Waals surface area contributed by atoms with Gasteiger partial charge in [-0.1, -0.05) is 5.92 Å². The molecule has 1 rings (SSSR count). The smallest absolute Gasteiger partial charge is 0.341 e. The van der Waals surface area contributed by atoms with Gasteiger partial charge < -0.3 is 14.6 Å². The monoisotopic (exact) mass is 206 g/mol. The lowest BCUT2D eigenvalue weighted by Gasteiger charge is -2.05. The number of carbonyl (C=O) groups excluding carboxylic acids is 1. The Morgan fingerprint density at radius 1 is 1.60 bits per heavy atom. The molecule has 4 nitrogen and oxygen atoms in total. The number of esters is 1. The average molecular weight is 206 g/mol. The highest BCUT2D eigenvalue weighted by Gasteiger charge is 2.11. The number of aromatic hydroxyl groups is 1. The third-order valence-corrected chi connectivity index (χ3v) is 1.70. The van der Waals surface area contributed by atoms with Crippen molar-refractivity contribution < 1.29 is 19.4 Å². The average Bonchev–Trinajstić information content (AvgIpc) is 2.25. The van der Waals surface area contributed by atoms with E-state index in [4.69, 9.17) is 11.2 Å². The second-order valence-electron chi connectivity index (χ2n) is 2.66. The van der Waals surface area contributed by atoms with Crippen LogP contribution in [0.4, 0.5) is 0 Å². The first-order valence-electron chi connectivity index (χ1n) is 4.16. The first-order chi connectivity index (χ1) is 7.19. The Bertz CT molecular complexity index is 404. The van der Waals surface area contributed by atoms with Crippen molar-refractivity contribution in [2.75, 3.05) is 13.7 Å². The van der Waals surface area contributed by atoms with E-state index in [0.717, 1.165) is 0 Å². The van der Waals surface area contributed by atoms with Crippen molar-refractivity contribution in [3.8, 4) is 23.8 Å². The highest BCUT2D eigenvalue weighted by molar-refractivity contribution is 5.92. The zero-order valence-electron chi connectivity index (χ0n) is 8.19. The summed E-state index contributed by atoms with van der Waals surface area (Å²) in [5.74, 6) is 1.89. The third kappa shape index (κ3) is 2.64. The Kier molecular flexibility index (Phi) is 3.58. The van der Waals surface area contributed by atoms with Crippen LogP contribution in [0.5, 0.6) is 11.5 Å². The van der Waals surface area contributed by atoms with Crippen molar-refractivity contribution in [1.29, 1.82) is 0 Å². The van der Waals surface area contributed by atoms with Crippen molar-refractivity contribution in [2.45, 2.75) is 0 Å². The maximum Gasteiger partial charge on any atom is 0.341 e. The second kappa shape index (κ2) is 4.91. The van der Waals surface area contributed by atoms with Crippen LogP contribution in [-0.2, 0) is 4.74 Å². The largest absolute Gasteiger partial charge is 0.507 e. The van der Waals surface area contributed by atoms with Gasteiger partial charge in [0.2, 0.25) is 0 Å². The topological polar surface area (TPSA) is 55.8 Å². The first kappa shape index (κ1) is 10.9. The standard InChI is InChI=1S/C11H10O4/c1-3-6-15-8-4-5-9(10(12)7-8)11(13)14-2/h1,4-5,7,12H,6H2,2H3. The molecule has 0 heterocycles. The lowest BCUT2D eigenvalue weighted by molar-refractivity contribution is 0.0597. The van der Waals surface area contributed by atoms with Gasteiger partial charge in [-0.2, -0.15) is 0 Å². The fourth-order valence-corrected chi connectivity index (χ4v) is 1.01. The molecule has 0 saturated carbocycles. The van der Waals surface area contributed by atoms with Gasteiger partial charge in [-0.25, -0.2) is 4.79 Å². The summed E-state index contributed by atoms with van der Waals surface area (Å²) in [6.45, 7) is 0.108. The van der Waals surface area contributed by atoms with E-state index in [1.807, 2.05) is 0 Å². The van der Waals surface area contributed by atoms with Crippen molar-refractivity contribution >= 4 is 5.97 Å². The molecule has 0 saturated heterocycles. The van der Waals surface area contributed by atoms with E-state index in [2.05, 4.69) is 10.7 Å². The molecule has 0 aliphatic carbocycles. The summed E-state index contributed by atoms with van der Waals surface area (Å²) in [5.41, 5.74) is 0.0885. The van der Waals surface area contributed by atoms with E-state index in [1.54, 1.807) is 0 Å². The second-order valence-corrected chi connectivity index (χ2v) is 2.66. The predicted octanol–water partition coefficient (Wildman–Crippen LogP) is 1.19. The summed E-state index contributed by atoms with van der Waals surface area (Å²) < 4.78 is 9.52. The van der Waals surface area contributed by atoms with Gasteiger partial charge in [-0.15, -0.1) is 6.42 Å². The Balaban J connectivity index is 2.89. The van der Waals surface area contributed by atoms with Gasteiger partial charge in [-0.3, -0.25) is 0 Å². The van der Waals surface area contributed by atoms with Crippen LogP contribution in [0.25, 0.3) is 0 Å². The number of phenolic OH excluding ortho intramolecular Hbond substituents is 1. The molecule has 0 atom stereocenters. The number of terminal acetylenes is 1. The van der Waals surface area contributed by atoms with Crippen LogP contribution in [0.3, 0.4) is 0 Å². The molecule has 0 aromatic heterocycles. The molecular formula is C11H10O4. The molecular weight excluding hydrogens is 196 g/mol. The van der Waals surface area contributed by atoms with Crippen LogP contribution in [0, 0.1) is 12.3 Å². The molecule has 0 spiro atoms. The highest BCUT2D eigenvalue weighted by Crippen LogP contribution is 2.23. The predicted molar refractivity (Wildman–Crippen MR) is 53.8 cm³/mol. The maximum atomic E-state index is 11.1. The number of rotatable bonds is 3. The van der Waals surface area contributed by atoms with E-state index in [9.17, 15) is 9.90 Å². The molecule has 4 heteroatoms. The summed E-state index contributed by atoms with van der Waals surface area (Å²) >= 11 is 0. The number of hydrogen-bond acceptors (Lipinski definition) is 4. The van der Waals surface area contributed by atoms with Gasteiger partial charge in [0, 0.05) is 6.07 Å². The van der Waals surface area contributed by atoms with Crippen LogP contribution < -0.4 is 4.74 Å². The van der Waals surface area contributed by atoms with Crippen LogP contribution in [-0.4, -0.2) is 24.8 Å². The van der Waals surface area contributed by atoms with E-state index in [0.29, 0.717) is 5.75 Å². The Hall–Kier alpha value is -2.15. The van der Waals surface area contributed by atoms with Crippen molar-refractivity contribution in [3.05, 3.63) is 23.8 Å². The van der Waals surface area contributed by atoms with Crippen LogP contribution in [0.15, 0.2) is 18.2 Å². The number of hydrogen-bond donors (Lipinski definition) is 1. The third-order valence-electron chi connectivity index (χ3n) is 1.70. The fraction of sp³-hybridized carbons (Fsp3) is 0.182. The minimum Gasteiger partial charge on any atom is -0.507 e. The quantitative estimate of drug-likeness (QED) is 0.596. The van der Waals surface area contributed by atoms with Gasteiger partial charge in [0.1, 0.15) is 23.7 Å². The lowest BCUT2D eigenvalue weighted by atomic mass is 10.2. The Morgan fingerprint density at radius 3 is 2.87 bits per heavy atom. The van der Waals surface area contributed by atoms with Gasteiger partial charge in [0.05, 0.1) is 7.11 Å². The summed E-state index contributed by atoms with van der Waals surface area (Å²) in [6.07, 6.45) is 5.00. The molecule has 1 N–H and O–H groups in total. The SMILES string of the molecule is C#CCOc1ccc(C(=O)OC)c(O)c1. The minimum atomic E-state index is -0.601. The summed E-state index contributed by atoms with van der Waals surface area (Å²) in [5, 5.41) is 9.46. The number of benzene rings is 1. The summed E-state index contributed by atoms with van der Waals surface area (Å²) in [7, 11) is 1.24. The van der Waals surface area contributed by atoms with Crippen LogP contribution in [0.1, 0.15) is 10.4 Å². The number of phenols is 1. The van der Waals surface area contributed by atoms with E-state index in [1.165, 1.54) is 25.3 Å². The Labute approximate surface area is 87.4 Å². The normalized spacial score (nSPS) is 9.07. The number of carbonyl (C=O) groups is 1. The van der Waals surface area contributed by atoms with E-state index >= 15 is 0 Å². The molecule has 1 aromatic carbocycles. The van der Waals surface area contributed by atoms with Crippen molar-refractivity contribution in [2.24, 2.45) is 0 Å². The van der Waals surface area contributed by atoms with Crippen molar-refractivity contribution in [1.82, 2.24) is 0 Å². The number of ether oxygens (including phenoxy) is 2. The number of methoxy groups -OCH3 is 1. The summed E-state index contributed by atoms with van der Waals surface area (Å²) in [6, 6.07) is 4.25.